The summed E-state index contributed by atoms with van der Waals surface area (Å²) in [6.45, 7) is 5.81. The van der Waals surface area contributed by atoms with Crippen molar-refractivity contribution in [3.05, 3.63) is 59.9 Å². The second kappa shape index (κ2) is 9.98. The largest absolute Gasteiger partial charge is 0.462 e. The number of carbonyl (C=O) groups excluding carboxylic acids is 1. The van der Waals surface area contributed by atoms with Crippen LogP contribution in [0.5, 0.6) is 6.01 Å². The maximum atomic E-state index is 15.8. The van der Waals surface area contributed by atoms with E-state index < -0.39 is 0 Å². The van der Waals surface area contributed by atoms with E-state index in [0.717, 1.165) is 37.8 Å². The number of aryl methyl sites for hydroxylation is 1. The maximum Gasteiger partial charge on any atom is 0.318 e. The Morgan fingerprint density at radius 3 is 2.87 bits per heavy atom. The number of benzene rings is 2. The van der Waals surface area contributed by atoms with Gasteiger partial charge in [0.2, 0.25) is 5.91 Å². The van der Waals surface area contributed by atoms with Crippen LogP contribution < -0.4 is 15.4 Å². The average molecular weight is 516 g/mol. The zero-order valence-electron chi connectivity index (χ0n) is 21.9. The third kappa shape index (κ3) is 4.62. The predicted octanol–water partition coefficient (Wildman–Crippen LogP) is 4.60. The summed E-state index contributed by atoms with van der Waals surface area (Å²) in [5, 5.41) is 6.56. The molecule has 198 valence electrons. The molecular formula is C30H34FN5O2. The van der Waals surface area contributed by atoms with E-state index in [1.165, 1.54) is 36.1 Å². The third-order valence-electron chi connectivity index (χ3n) is 8.44. The number of hydrogen-bond donors (Lipinski definition) is 2. The number of aromatic nitrogens is 2. The monoisotopic (exact) mass is 515 g/mol. The van der Waals surface area contributed by atoms with Crippen molar-refractivity contribution in [1.29, 1.82) is 0 Å². The summed E-state index contributed by atoms with van der Waals surface area (Å²) < 4.78 is 21.9. The third-order valence-corrected chi connectivity index (χ3v) is 8.44. The van der Waals surface area contributed by atoms with Crippen LogP contribution in [-0.2, 0) is 16.6 Å². The van der Waals surface area contributed by atoms with Crippen LogP contribution in [0.25, 0.3) is 22.0 Å². The fourth-order valence-electron chi connectivity index (χ4n) is 6.14. The van der Waals surface area contributed by atoms with E-state index in [1.54, 1.807) is 0 Å². The second-order valence-electron chi connectivity index (χ2n) is 10.8. The molecule has 1 spiro atoms. The van der Waals surface area contributed by atoms with Gasteiger partial charge in [-0.15, -0.1) is 0 Å². The summed E-state index contributed by atoms with van der Waals surface area (Å²) in [5.74, 6) is -0.0509. The van der Waals surface area contributed by atoms with Crippen LogP contribution in [0, 0.1) is 5.82 Å². The van der Waals surface area contributed by atoms with Gasteiger partial charge in [0.15, 0.2) is 0 Å². The van der Waals surface area contributed by atoms with Crippen molar-refractivity contribution >= 4 is 22.6 Å². The number of fused-ring (bicyclic) bond motifs is 3. The molecule has 2 aromatic carbocycles. The summed E-state index contributed by atoms with van der Waals surface area (Å²) in [6, 6.07) is 10.2. The van der Waals surface area contributed by atoms with Gasteiger partial charge in [-0.05, 0) is 92.4 Å². The summed E-state index contributed by atoms with van der Waals surface area (Å²) in [6.07, 6.45) is 8.03. The second-order valence-corrected chi connectivity index (χ2v) is 10.8. The van der Waals surface area contributed by atoms with Crippen molar-refractivity contribution < 1.29 is 13.9 Å². The van der Waals surface area contributed by atoms with Gasteiger partial charge in [-0.3, -0.25) is 4.79 Å². The van der Waals surface area contributed by atoms with E-state index in [2.05, 4.69) is 40.2 Å². The first-order valence-corrected chi connectivity index (χ1v) is 13.6. The van der Waals surface area contributed by atoms with Gasteiger partial charge < -0.3 is 20.3 Å². The Morgan fingerprint density at radius 1 is 1.24 bits per heavy atom. The molecule has 0 radical (unpaired) electrons. The van der Waals surface area contributed by atoms with Gasteiger partial charge in [0.1, 0.15) is 18.2 Å². The first-order chi connectivity index (χ1) is 18.5. The van der Waals surface area contributed by atoms with Gasteiger partial charge >= 0.3 is 6.01 Å². The first kappa shape index (κ1) is 24.8. The van der Waals surface area contributed by atoms with Crippen molar-refractivity contribution in [2.24, 2.45) is 0 Å². The Kier molecular flexibility index (Phi) is 6.51. The van der Waals surface area contributed by atoms with Crippen LogP contribution in [0.2, 0.25) is 0 Å². The minimum Gasteiger partial charge on any atom is -0.462 e. The summed E-state index contributed by atoms with van der Waals surface area (Å²) >= 11 is 0. The molecule has 0 unspecified atom stereocenters. The molecule has 1 saturated carbocycles. The van der Waals surface area contributed by atoms with Crippen molar-refractivity contribution in [3.8, 4) is 17.1 Å². The van der Waals surface area contributed by atoms with Crippen LogP contribution in [0.3, 0.4) is 0 Å². The highest BCUT2D eigenvalue weighted by Crippen LogP contribution is 2.59. The van der Waals surface area contributed by atoms with Crippen LogP contribution in [0.15, 0.2) is 43.0 Å². The number of likely N-dealkylation sites (tertiary alicyclic amines) is 1. The van der Waals surface area contributed by atoms with Gasteiger partial charge in [0.25, 0.3) is 0 Å². The highest BCUT2D eigenvalue weighted by Gasteiger charge is 2.49. The molecule has 2 aliphatic carbocycles. The number of hydrogen-bond acceptors (Lipinski definition) is 6. The molecule has 1 atom stereocenters. The lowest BCUT2D eigenvalue weighted by atomic mass is 9.89. The molecule has 7 nitrogen and oxygen atoms in total. The first-order valence-electron chi connectivity index (χ1n) is 13.6. The van der Waals surface area contributed by atoms with Crippen molar-refractivity contribution in [3.63, 3.8) is 0 Å². The van der Waals surface area contributed by atoms with Crippen molar-refractivity contribution in [2.75, 3.05) is 38.6 Å². The topological polar surface area (TPSA) is 79.4 Å². The quantitative estimate of drug-likeness (QED) is 0.320. The van der Waals surface area contributed by atoms with Gasteiger partial charge in [0, 0.05) is 30.1 Å². The molecule has 8 heteroatoms. The molecule has 1 amide bonds. The Morgan fingerprint density at radius 2 is 2.11 bits per heavy atom. The smallest absolute Gasteiger partial charge is 0.318 e. The van der Waals surface area contributed by atoms with E-state index >= 15 is 4.39 Å². The number of anilines is 1. The number of rotatable bonds is 9. The predicted molar refractivity (Wildman–Crippen MR) is 147 cm³/mol. The molecule has 38 heavy (non-hydrogen) atoms. The number of likely N-dealkylation sites (N-methyl/N-ethyl adjacent to an activating group) is 1. The standard InChI is InChI=1S/C30H34FN5O2/c1-3-26(37)32-13-14-33-28-23-16-24(31)22(21-8-4-6-19-9-10-30(11-12-30)27(19)21)17-25(23)34-29(35-28)38-18-20-7-5-15-36(20)2/h3-4,6,8,16-17,20H,1,5,7,9-15,18H2,2H3,(H,32,37)(H,33,34,35)/t20-/m0/s1. The molecule has 2 N–H and O–H groups in total. The van der Waals surface area contributed by atoms with Crippen LogP contribution in [0.1, 0.15) is 43.2 Å². The normalized spacial score (nSPS) is 19.5. The Balaban J connectivity index is 1.36. The van der Waals surface area contributed by atoms with E-state index in [-0.39, 0.29) is 23.1 Å². The summed E-state index contributed by atoms with van der Waals surface area (Å²) in [5.41, 5.74) is 5.08. The van der Waals surface area contributed by atoms with Gasteiger partial charge in [-0.1, -0.05) is 24.8 Å². The zero-order chi connectivity index (χ0) is 26.3. The minimum atomic E-state index is -0.290. The lowest BCUT2D eigenvalue weighted by Gasteiger charge is -2.20. The molecule has 6 rings (SSSR count). The van der Waals surface area contributed by atoms with E-state index in [9.17, 15) is 4.79 Å². The minimum absolute atomic E-state index is 0.225. The average Bonchev–Trinajstić information content (AvgIpc) is 3.45. The number of amides is 1. The lowest BCUT2D eigenvalue weighted by molar-refractivity contribution is -0.116. The van der Waals surface area contributed by atoms with Crippen LogP contribution in [0.4, 0.5) is 10.2 Å². The number of carbonyl (C=O) groups is 1. The molecular weight excluding hydrogens is 481 g/mol. The van der Waals surface area contributed by atoms with Crippen molar-refractivity contribution in [1.82, 2.24) is 20.2 Å². The Labute approximate surface area is 222 Å². The number of halogens is 1. The van der Waals surface area contributed by atoms with E-state index in [1.807, 2.05) is 18.2 Å². The number of nitrogens with zero attached hydrogens (tertiary/aromatic N) is 3. The Hall–Kier alpha value is -3.52. The highest BCUT2D eigenvalue weighted by molar-refractivity contribution is 5.93. The molecule has 1 aromatic heterocycles. The van der Waals surface area contributed by atoms with Crippen LogP contribution >= 0.6 is 0 Å². The lowest BCUT2D eigenvalue weighted by Crippen LogP contribution is -2.31. The number of nitrogens with one attached hydrogen (secondary N) is 2. The number of ether oxygens (including phenoxy) is 1. The highest BCUT2D eigenvalue weighted by atomic mass is 19.1. The maximum absolute atomic E-state index is 15.8. The zero-order valence-corrected chi connectivity index (χ0v) is 21.9. The van der Waals surface area contributed by atoms with Gasteiger partial charge in [-0.25, -0.2) is 4.39 Å². The molecule has 0 bridgehead atoms. The summed E-state index contributed by atoms with van der Waals surface area (Å²) in [7, 11) is 2.10. The molecule has 3 aromatic rings. The molecule has 1 aliphatic heterocycles. The fourth-order valence-corrected chi connectivity index (χ4v) is 6.14. The van der Waals surface area contributed by atoms with E-state index in [0.29, 0.717) is 48.0 Å². The van der Waals surface area contributed by atoms with Crippen LogP contribution in [-0.4, -0.2) is 60.1 Å². The SMILES string of the molecule is C=CC(=O)NCCNc1nc(OC[C@@H]2CCCN2C)nc2cc(-c3cccc4c3C3(CC4)CC3)c(F)cc12. The Bertz CT molecular complexity index is 1400. The fraction of sp³-hybridized carbons (Fsp3) is 0.433. The van der Waals surface area contributed by atoms with E-state index in [4.69, 9.17) is 9.72 Å². The van der Waals surface area contributed by atoms with Crippen molar-refractivity contribution in [2.45, 2.75) is 50.0 Å². The molecule has 1 saturated heterocycles. The van der Waals surface area contributed by atoms with Gasteiger partial charge in [-0.2, -0.15) is 9.97 Å². The molecule has 2 heterocycles. The van der Waals surface area contributed by atoms with Gasteiger partial charge in [0.05, 0.1) is 5.52 Å². The molecule has 3 aliphatic rings. The summed E-state index contributed by atoms with van der Waals surface area (Å²) in [4.78, 5) is 23.1. The molecule has 2 fully saturated rings.